The van der Waals surface area contributed by atoms with E-state index in [2.05, 4.69) is 102 Å². The number of hydrogen-bond donors (Lipinski definition) is 0. The zero-order valence-electron chi connectivity index (χ0n) is 24.8. The quantitative estimate of drug-likeness (QED) is 0.193. The molecule has 0 aliphatic rings. The lowest BCUT2D eigenvalue weighted by Crippen LogP contribution is -2.00. The third kappa shape index (κ3) is 5.53. The van der Waals surface area contributed by atoms with E-state index in [1.807, 2.05) is 54.7 Å². The summed E-state index contributed by atoms with van der Waals surface area (Å²) in [5, 5.41) is 2.24. The van der Waals surface area contributed by atoms with Gasteiger partial charge in [0.25, 0.3) is 0 Å². The second kappa shape index (κ2) is 12.0. The molecule has 3 aromatic heterocycles. The number of hydrogen-bond acceptors (Lipinski definition) is 5. The van der Waals surface area contributed by atoms with Gasteiger partial charge in [0, 0.05) is 46.4 Å². The van der Waals surface area contributed by atoms with E-state index in [4.69, 9.17) is 19.9 Å². The molecule has 0 fully saturated rings. The first-order valence-electron chi connectivity index (χ1n) is 15.2. The fourth-order valence-electron chi connectivity index (χ4n) is 5.62. The van der Waals surface area contributed by atoms with E-state index >= 15 is 0 Å². The first-order chi connectivity index (χ1) is 22.8. The molecule has 0 amide bonds. The van der Waals surface area contributed by atoms with Gasteiger partial charge in [-0.1, -0.05) is 115 Å². The molecule has 0 radical (unpaired) electrons. The largest absolute Gasteiger partial charge is 0.265 e. The second-order valence-corrected chi connectivity index (χ2v) is 11.1. The maximum atomic E-state index is 4.97. The van der Waals surface area contributed by atoms with E-state index in [9.17, 15) is 0 Å². The summed E-state index contributed by atoms with van der Waals surface area (Å²) < 4.78 is 0. The minimum absolute atomic E-state index is 0.637. The number of rotatable bonds is 6. The highest BCUT2D eigenvalue weighted by atomic mass is 15.0. The Bertz CT molecular complexity index is 2270. The number of benzene rings is 5. The monoisotopic (exact) mass is 589 g/mol. The summed E-state index contributed by atoms with van der Waals surface area (Å²) in [5.74, 6) is 1.92. The van der Waals surface area contributed by atoms with Crippen LogP contribution in [0.5, 0.6) is 0 Å². The van der Waals surface area contributed by atoms with Crippen molar-refractivity contribution in [2.45, 2.75) is 0 Å². The number of fused-ring (bicyclic) bond motifs is 1. The molecule has 0 saturated heterocycles. The van der Waals surface area contributed by atoms with E-state index in [0.717, 1.165) is 55.4 Å². The van der Waals surface area contributed by atoms with Crippen LogP contribution >= 0.6 is 0 Å². The van der Waals surface area contributed by atoms with Gasteiger partial charge in [-0.05, 0) is 57.8 Å². The van der Waals surface area contributed by atoms with Crippen LogP contribution in [0, 0.1) is 0 Å². The highest BCUT2D eigenvalue weighted by Gasteiger charge is 2.13. The molecule has 0 aliphatic carbocycles. The van der Waals surface area contributed by atoms with Crippen molar-refractivity contribution in [3.8, 4) is 67.7 Å². The molecule has 8 rings (SSSR count). The molecule has 0 bridgehead atoms. The Balaban J connectivity index is 1.14. The Hall–Kier alpha value is -6.33. The van der Waals surface area contributed by atoms with Crippen LogP contribution < -0.4 is 0 Å². The van der Waals surface area contributed by atoms with Gasteiger partial charge in [-0.15, -0.1) is 0 Å². The molecule has 5 aromatic carbocycles. The third-order valence-electron chi connectivity index (χ3n) is 8.09. The van der Waals surface area contributed by atoms with Gasteiger partial charge in [-0.25, -0.2) is 15.0 Å². The lowest BCUT2D eigenvalue weighted by atomic mass is 10.00. The van der Waals surface area contributed by atoms with Crippen molar-refractivity contribution in [3.63, 3.8) is 0 Å². The van der Waals surface area contributed by atoms with Crippen molar-refractivity contribution in [2.75, 3.05) is 0 Å². The highest BCUT2D eigenvalue weighted by molar-refractivity contribution is 5.90. The number of pyridine rings is 2. The summed E-state index contributed by atoms with van der Waals surface area (Å²) in [5.41, 5.74) is 9.30. The van der Waals surface area contributed by atoms with Gasteiger partial charge in [0.15, 0.2) is 17.5 Å². The van der Waals surface area contributed by atoms with Crippen molar-refractivity contribution >= 4 is 10.8 Å². The molecule has 0 aliphatic heterocycles. The SMILES string of the molecule is c1ccc(-c2ccc(-c3nc(-c4ccccc4)nc(-c4ccc5cc(-c6ccc(-c7ccncc7)nc6)ccc5c4)n3)cc2)cc1. The van der Waals surface area contributed by atoms with Crippen LogP contribution in [-0.2, 0) is 0 Å². The smallest absolute Gasteiger partial charge is 0.164 e. The molecular weight excluding hydrogens is 562 g/mol. The van der Waals surface area contributed by atoms with Crippen molar-refractivity contribution in [3.05, 3.63) is 164 Å². The van der Waals surface area contributed by atoms with Crippen LogP contribution in [0.2, 0.25) is 0 Å². The molecule has 0 saturated carbocycles. The summed E-state index contributed by atoms with van der Waals surface area (Å²) >= 11 is 0. The Kier molecular flexibility index (Phi) is 7.09. The van der Waals surface area contributed by atoms with Gasteiger partial charge in [0.05, 0.1) is 5.69 Å². The van der Waals surface area contributed by atoms with Crippen LogP contribution in [0.15, 0.2) is 164 Å². The predicted molar refractivity (Wildman–Crippen MR) is 186 cm³/mol. The number of nitrogens with zero attached hydrogens (tertiary/aromatic N) is 5. The number of aromatic nitrogens is 5. The Morgan fingerprint density at radius 3 is 1.43 bits per heavy atom. The Morgan fingerprint density at radius 2 is 0.804 bits per heavy atom. The average molecular weight is 590 g/mol. The zero-order chi connectivity index (χ0) is 30.7. The molecule has 0 N–H and O–H groups in total. The molecule has 3 heterocycles. The lowest BCUT2D eigenvalue weighted by Gasteiger charge is -2.10. The molecule has 0 unspecified atom stereocenters. The van der Waals surface area contributed by atoms with Gasteiger partial charge in [0.1, 0.15) is 0 Å². The highest BCUT2D eigenvalue weighted by Crippen LogP contribution is 2.31. The maximum Gasteiger partial charge on any atom is 0.164 e. The van der Waals surface area contributed by atoms with Crippen LogP contribution in [0.1, 0.15) is 0 Å². The minimum Gasteiger partial charge on any atom is -0.265 e. The molecular formula is C41H27N5. The summed E-state index contributed by atoms with van der Waals surface area (Å²) in [6.45, 7) is 0. The van der Waals surface area contributed by atoms with E-state index in [-0.39, 0.29) is 0 Å². The summed E-state index contributed by atoms with van der Waals surface area (Å²) in [6, 6.07) is 49.8. The van der Waals surface area contributed by atoms with Crippen LogP contribution in [0.4, 0.5) is 0 Å². The topological polar surface area (TPSA) is 64.5 Å². The van der Waals surface area contributed by atoms with Gasteiger partial charge < -0.3 is 0 Å². The zero-order valence-corrected chi connectivity index (χ0v) is 24.8. The van der Waals surface area contributed by atoms with E-state index in [1.54, 1.807) is 12.4 Å². The molecule has 5 nitrogen and oxygen atoms in total. The molecule has 8 aromatic rings. The summed E-state index contributed by atoms with van der Waals surface area (Å²) in [6.07, 6.45) is 5.49. The average Bonchev–Trinajstić information content (AvgIpc) is 3.15. The van der Waals surface area contributed by atoms with E-state index in [1.165, 1.54) is 5.56 Å². The van der Waals surface area contributed by atoms with Gasteiger partial charge in [-0.3, -0.25) is 9.97 Å². The molecule has 0 atom stereocenters. The molecule has 5 heteroatoms. The van der Waals surface area contributed by atoms with Crippen LogP contribution in [0.25, 0.3) is 78.4 Å². The summed E-state index contributed by atoms with van der Waals surface area (Å²) in [4.78, 5) is 23.6. The molecule has 46 heavy (non-hydrogen) atoms. The van der Waals surface area contributed by atoms with Crippen molar-refractivity contribution in [1.82, 2.24) is 24.9 Å². The van der Waals surface area contributed by atoms with Gasteiger partial charge >= 0.3 is 0 Å². The normalized spacial score (nSPS) is 11.0. The standard InChI is InChI=1S/C41H27N5/c1-3-7-28(8-4-1)29-11-13-32(14-12-29)40-44-39(31-9-5-2-6-10-31)45-41(46-40)36-18-17-33-25-35(16-15-34(33)26-36)37-19-20-38(43-27-37)30-21-23-42-24-22-30/h1-27H. The molecule has 216 valence electrons. The predicted octanol–water partition coefficient (Wildman–Crippen LogP) is 9.82. The van der Waals surface area contributed by atoms with Crippen molar-refractivity contribution in [2.24, 2.45) is 0 Å². The van der Waals surface area contributed by atoms with Crippen LogP contribution in [0.3, 0.4) is 0 Å². The fourth-order valence-corrected chi connectivity index (χ4v) is 5.62. The maximum absolute atomic E-state index is 4.97. The van der Waals surface area contributed by atoms with E-state index < -0.39 is 0 Å². The van der Waals surface area contributed by atoms with Gasteiger partial charge in [0.2, 0.25) is 0 Å². The minimum atomic E-state index is 0.637. The van der Waals surface area contributed by atoms with Crippen LogP contribution in [-0.4, -0.2) is 24.9 Å². The summed E-state index contributed by atoms with van der Waals surface area (Å²) in [7, 11) is 0. The Labute approximate surface area is 267 Å². The first kappa shape index (κ1) is 27.2. The fraction of sp³-hybridized carbons (Fsp3) is 0. The van der Waals surface area contributed by atoms with E-state index in [0.29, 0.717) is 17.5 Å². The first-order valence-corrected chi connectivity index (χ1v) is 15.2. The van der Waals surface area contributed by atoms with Crippen molar-refractivity contribution < 1.29 is 0 Å². The molecule has 0 spiro atoms. The lowest BCUT2D eigenvalue weighted by molar-refractivity contribution is 1.07. The van der Waals surface area contributed by atoms with Crippen molar-refractivity contribution in [1.29, 1.82) is 0 Å². The third-order valence-corrected chi connectivity index (χ3v) is 8.09. The second-order valence-electron chi connectivity index (χ2n) is 11.1. The van der Waals surface area contributed by atoms with Gasteiger partial charge in [-0.2, -0.15) is 0 Å². The Morgan fingerprint density at radius 1 is 0.326 bits per heavy atom.